The van der Waals surface area contributed by atoms with Gasteiger partial charge < -0.3 is 15.5 Å². The molecule has 12 heavy (non-hydrogen) atoms. The number of nitrogen functional groups attached to an aromatic ring is 1. The van der Waals surface area contributed by atoms with Crippen molar-refractivity contribution in [3.05, 3.63) is 22.4 Å². The molecular weight excluding hydrogens is 158 g/mol. The Balaban J connectivity index is 2.76. The van der Waals surface area contributed by atoms with Crippen LogP contribution in [-0.4, -0.2) is 23.7 Å². The largest absolute Gasteiger partial charge is 0.393 e. The molecule has 0 aliphatic rings. The Kier molecular flexibility index (Phi) is 2.82. The summed E-state index contributed by atoms with van der Waals surface area (Å²) in [4.78, 5) is 17.4. The monoisotopic (exact) mass is 169 g/mol. The average molecular weight is 169 g/mol. The number of hydrogen-bond acceptors (Lipinski definition) is 4. The van der Waals surface area contributed by atoms with Crippen LogP contribution in [-0.2, 0) is 11.2 Å². The summed E-state index contributed by atoms with van der Waals surface area (Å²) in [7, 11) is 1.59. The van der Waals surface area contributed by atoms with Gasteiger partial charge in [0.2, 0.25) is 0 Å². The van der Waals surface area contributed by atoms with E-state index in [4.69, 9.17) is 10.5 Å². The van der Waals surface area contributed by atoms with Crippen molar-refractivity contribution < 1.29 is 4.74 Å². The summed E-state index contributed by atoms with van der Waals surface area (Å²) in [5.41, 5.74) is 5.12. The fourth-order valence-corrected chi connectivity index (χ4v) is 0.767. The van der Waals surface area contributed by atoms with E-state index in [0.29, 0.717) is 18.9 Å². The maximum absolute atomic E-state index is 10.9. The molecule has 5 nitrogen and oxygen atoms in total. The zero-order valence-corrected chi connectivity index (χ0v) is 6.83. The van der Waals surface area contributed by atoms with Gasteiger partial charge in [0.05, 0.1) is 12.8 Å². The number of aromatic nitrogens is 2. The second-order valence-corrected chi connectivity index (χ2v) is 2.36. The molecule has 1 rings (SSSR count). The first-order chi connectivity index (χ1) is 5.74. The third-order valence-corrected chi connectivity index (χ3v) is 1.42. The molecule has 1 aromatic heterocycles. The summed E-state index contributed by atoms with van der Waals surface area (Å²) >= 11 is 0. The summed E-state index contributed by atoms with van der Waals surface area (Å²) in [6.07, 6.45) is 1.94. The third kappa shape index (κ3) is 2.06. The molecule has 0 amide bonds. The van der Waals surface area contributed by atoms with Gasteiger partial charge in [0.25, 0.3) is 5.56 Å². The maximum Gasteiger partial charge on any atom is 0.274 e. The molecule has 0 atom stereocenters. The van der Waals surface area contributed by atoms with Crippen molar-refractivity contribution >= 4 is 5.69 Å². The van der Waals surface area contributed by atoms with E-state index in [1.807, 2.05) is 0 Å². The van der Waals surface area contributed by atoms with Gasteiger partial charge in [-0.2, -0.15) is 0 Å². The van der Waals surface area contributed by atoms with Crippen molar-refractivity contribution in [2.45, 2.75) is 6.42 Å². The summed E-state index contributed by atoms with van der Waals surface area (Å²) in [6.45, 7) is 0.535. The molecule has 0 aromatic carbocycles. The van der Waals surface area contributed by atoms with Crippen molar-refractivity contribution in [2.24, 2.45) is 0 Å². The SMILES string of the molecule is COCCc1ncc(N)c(=O)[nH]1. The first-order valence-corrected chi connectivity index (χ1v) is 3.56. The minimum Gasteiger partial charge on any atom is -0.393 e. The molecule has 1 aromatic rings. The van der Waals surface area contributed by atoms with Crippen LogP contribution < -0.4 is 11.3 Å². The van der Waals surface area contributed by atoms with Crippen molar-refractivity contribution in [1.29, 1.82) is 0 Å². The minimum absolute atomic E-state index is 0.135. The van der Waals surface area contributed by atoms with Crippen LogP contribution >= 0.6 is 0 Å². The van der Waals surface area contributed by atoms with Crippen LogP contribution in [0.15, 0.2) is 11.0 Å². The molecule has 0 bridgehead atoms. The number of anilines is 1. The first kappa shape index (κ1) is 8.73. The quantitative estimate of drug-likeness (QED) is 0.641. The summed E-state index contributed by atoms with van der Waals surface area (Å²) in [5, 5.41) is 0. The van der Waals surface area contributed by atoms with Crippen LogP contribution in [0.2, 0.25) is 0 Å². The van der Waals surface area contributed by atoms with Crippen LogP contribution in [0.4, 0.5) is 5.69 Å². The van der Waals surface area contributed by atoms with E-state index in [-0.39, 0.29) is 11.2 Å². The number of aromatic amines is 1. The van der Waals surface area contributed by atoms with Crippen LogP contribution in [0.5, 0.6) is 0 Å². The van der Waals surface area contributed by atoms with Gasteiger partial charge >= 0.3 is 0 Å². The van der Waals surface area contributed by atoms with Crippen LogP contribution in [0, 0.1) is 0 Å². The molecule has 1 heterocycles. The first-order valence-electron chi connectivity index (χ1n) is 3.56. The molecule has 0 radical (unpaired) electrons. The Morgan fingerprint density at radius 2 is 2.50 bits per heavy atom. The molecule has 0 aliphatic carbocycles. The fourth-order valence-electron chi connectivity index (χ4n) is 0.767. The number of H-pyrrole nitrogens is 1. The summed E-state index contributed by atoms with van der Waals surface area (Å²) in [5.74, 6) is 0.594. The maximum atomic E-state index is 10.9. The Hall–Kier alpha value is -1.36. The number of nitrogens with one attached hydrogen (secondary N) is 1. The van der Waals surface area contributed by atoms with Gasteiger partial charge in [0.15, 0.2) is 0 Å². The predicted molar refractivity (Wildman–Crippen MR) is 44.9 cm³/mol. The topological polar surface area (TPSA) is 81.0 Å². The van der Waals surface area contributed by atoms with E-state index >= 15 is 0 Å². The van der Waals surface area contributed by atoms with E-state index in [9.17, 15) is 4.79 Å². The predicted octanol–water partition coefficient (Wildman–Crippen LogP) is -0.459. The molecule has 0 saturated heterocycles. The zero-order chi connectivity index (χ0) is 8.97. The Morgan fingerprint density at radius 1 is 1.75 bits per heavy atom. The van der Waals surface area contributed by atoms with E-state index < -0.39 is 0 Å². The van der Waals surface area contributed by atoms with Gasteiger partial charge in [-0.15, -0.1) is 0 Å². The standard InChI is InChI=1S/C7H11N3O2/c1-12-3-2-6-9-4-5(8)7(11)10-6/h4H,2-3,8H2,1H3,(H,9,10,11). The molecule has 5 heteroatoms. The number of ether oxygens (including phenoxy) is 1. The number of nitrogens with two attached hydrogens (primary N) is 1. The Bertz CT molecular complexity index is 308. The Labute approximate surface area is 69.6 Å². The zero-order valence-electron chi connectivity index (χ0n) is 6.83. The normalized spacial score (nSPS) is 10.1. The lowest BCUT2D eigenvalue weighted by atomic mass is 10.4. The number of nitrogens with zero attached hydrogens (tertiary/aromatic N) is 1. The van der Waals surface area contributed by atoms with Gasteiger partial charge in [-0.3, -0.25) is 4.79 Å². The number of rotatable bonds is 3. The van der Waals surface area contributed by atoms with Crippen molar-refractivity contribution in [2.75, 3.05) is 19.5 Å². The molecule has 66 valence electrons. The average Bonchev–Trinajstić information content (AvgIpc) is 2.07. The number of hydrogen-bond donors (Lipinski definition) is 2. The minimum atomic E-state index is -0.295. The molecule has 0 saturated carbocycles. The van der Waals surface area contributed by atoms with Crippen LogP contribution in [0.25, 0.3) is 0 Å². The highest BCUT2D eigenvalue weighted by Crippen LogP contribution is 1.90. The smallest absolute Gasteiger partial charge is 0.274 e. The van der Waals surface area contributed by atoms with E-state index in [2.05, 4.69) is 9.97 Å². The van der Waals surface area contributed by atoms with Gasteiger partial charge in [-0.25, -0.2) is 4.98 Å². The van der Waals surface area contributed by atoms with E-state index in [0.717, 1.165) is 0 Å². The van der Waals surface area contributed by atoms with E-state index in [1.54, 1.807) is 7.11 Å². The Morgan fingerprint density at radius 3 is 3.08 bits per heavy atom. The fraction of sp³-hybridized carbons (Fsp3) is 0.429. The van der Waals surface area contributed by atoms with Gasteiger partial charge in [0.1, 0.15) is 11.5 Å². The summed E-state index contributed by atoms with van der Waals surface area (Å²) in [6, 6.07) is 0. The lowest BCUT2D eigenvalue weighted by Gasteiger charge is -1.98. The van der Waals surface area contributed by atoms with E-state index in [1.165, 1.54) is 6.20 Å². The van der Waals surface area contributed by atoms with Crippen molar-refractivity contribution in [3.8, 4) is 0 Å². The highest BCUT2D eigenvalue weighted by atomic mass is 16.5. The molecule has 3 N–H and O–H groups in total. The van der Waals surface area contributed by atoms with Gasteiger partial charge in [-0.05, 0) is 0 Å². The molecule has 0 fully saturated rings. The molecule has 0 spiro atoms. The molecule has 0 aliphatic heterocycles. The van der Waals surface area contributed by atoms with Crippen LogP contribution in [0.3, 0.4) is 0 Å². The van der Waals surface area contributed by atoms with Crippen LogP contribution in [0.1, 0.15) is 5.82 Å². The molecular formula is C7H11N3O2. The lowest BCUT2D eigenvalue weighted by molar-refractivity contribution is 0.200. The number of methoxy groups -OCH3 is 1. The molecule has 0 unspecified atom stereocenters. The van der Waals surface area contributed by atoms with Crippen molar-refractivity contribution in [1.82, 2.24) is 9.97 Å². The second kappa shape index (κ2) is 3.87. The summed E-state index contributed by atoms with van der Waals surface area (Å²) < 4.78 is 4.82. The van der Waals surface area contributed by atoms with Gasteiger partial charge in [0, 0.05) is 13.5 Å². The highest BCUT2D eigenvalue weighted by Gasteiger charge is 1.97. The van der Waals surface area contributed by atoms with Gasteiger partial charge in [-0.1, -0.05) is 0 Å². The third-order valence-electron chi connectivity index (χ3n) is 1.42. The second-order valence-electron chi connectivity index (χ2n) is 2.36. The lowest BCUT2D eigenvalue weighted by Crippen LogP contribution is -2.15. The highest BCUT2D eigenvalue weighted by molar-refractivity contribution is 5.30. The van der Waals surface area contributed by atoms with Crippen molar-refractivity contribution in [3.63, 3.8) is 0 Å².